The molecule has 370 valence electrons. The predicted octanol–water partition coefficient (Wildman–Crippen LogP) is 18.0. The molecule has 7 aliphatic rings. The highest BCUT2D eigenvalue weighted by Gasteiger charge is 2.58. The number of phenolic OH excluding ortho intramolecular Hbond substituents is 4. The fraction of sp³-hybridized carbons (Fsp3) is 0.477. The Hall–Kier alpha value is -5.22. The van der Waals surface area contributed by atoms with E-state index in [-0.39, 0.29) is 37.9 Å². The van der Waals surface area contributed by atoms with Crippen molar-refractivity contribution in [1.82, 2.24) is 0 Å². The monoisotopic (exact) mass is 931 g/mol. The van der Waals surface area contributed by atoms with Gasteiger partial charge in [0.2, 0.25) is 0 Å². The lowest BCUT2D eigenvalue weighted by atomic mass is 9.68. The van der Waals surface area contributed by atoms with Gasteiger partial charge in [-0.1, -0.05) is 180 Å². The summed E-state index contributed by atoms with van der Waals surface area (Å²) in [5.41, 5.74) is 7.95. The molecule has 7 aliphatic carbocycles. The highest BCUT2D eigenvalue weighted by molar-refractivity contribution is 5.92. The van der Waals surface area contributed by atoms with E-state index in [1.54, 1.807) is 125 Å². The first-order valence-electron chi connectivity index (χ1n) is 26.0. The Labute approximate surface area is 417 Å². The molecule has 0 amide bonds. The second kappa shape index (κ2) is 21.8. The molecule has 0 heterocycles. The number of benzene rings is 6. The summed E-state index contributed by atoms with van der Waals surface area (Å²) in [5.74, 6) is 10.0. The third-order valence-corrected chi connectivity index (χ3v) is 17.6. The molecule has 4 heteroatoms. The standard InChI is InChI=1S/C25H18O2.2C12H20.C10H8O2.2C2H6.2CH4/c26-19-13-9-17(10-14-19)25(18-11-15-20(27)16-12-18)23-7-3-1-5-21(23)22-6-2-4-8-24(22)25;2*1-12(2)7-8-6-11(12)10-5-3-4-9(8)10;11-9-5-1-3-7-8(9)4-2-6-10(7)12;2*1-2;;/h1-16,26-27H;2*8-11H,3-7H2,1-2H3;1-6,11-12H;2*1-2H3;2*1H4. The maximum Gasteiger partial charge on any atom is 0.123 e. The molecule has 4 N–H and O–H groups in total. The zero-order chi connectivity index (χ0) is 47.7. The first-order chi connectivity index (χ1) is 32.4. The summed E-state index contributed by atoms with van der Waals surface area (Å²) in [6, 6.07) is 42.0. The molecule has 6 fully saturated rings. The summed E-state index contributed by atoms with van der Waals surface area (Å²) in [7, 11) is 0. The minimum atomic E-state index is -0.491. The van der Waals surface area contributed by atoms with Crippen molar-refractivity contribution in [3.8, 4) is 34.1 Å². The van der Waals surface area contributed by atoms with Crippen LogP contribution in [0.3, 0.4) is 0 Å². The fourth-order valence-corrected chi connectivity index (χ4v) is 15.2. The topological polar surface area (TPSA) is 80.9 Å². The van der Waals surface area contributed by atoms with Gasteiger partial charge in [0.25, 0.3) is 0 Å². The third-order valence-electron chi connectivity index (χ3n) is 17.6. The van der Waals surface area contributed by atoms with Crippen LogP contribution in [0.2, 0.25) is 0 Å². The Morgan fingerprint density at radius 2 is 0.754 bits per heavy atom. The summed E-state index contributed by atoms with van der Waals surface area (Å²) in [4.78, 5) is 0. The van der Waals surface area contributed by atoms with Gasteiger partial charge >= 0.3 is 0 Å². The van der Waals surface area contributed by atoms with Gasteiger partial charge in [-0.25, -0.2) is 0 Å². The van der Waals surface area contributed by atoms with E-state index in [2.05, 4.69) is 76.2 Å². The normalized spacial score (nSPS) is 26.3. The Kier molecular flexibility index (Phi) is 16.8. The van der Waals surface area contributed by atoms with Crippen molar-refractivity contribution in [2.24, 2.45) is 58.2 Å². The number of hydrogen-bond donors (Lipinski definition) is 4. The van der Waals surface area contributed by atoms with Gasteiger partial charge in [0.05, 0.1) is 5.41 Å². The Morgan fingerprint density at radius 3 is 1.13 bits per heavy atom. The fourth-order valence-electron chi connectivity index (χ4n) is 15.2. The predicted molar refractivity (Wildman–Crippen MR) is 292 cm³/mol. The number of aromatic hydroxyl groups is 4. The van der Waals surface area contributed by atoms with E-state index in [9.17, 15) is 20.4 Å². The summed E-state index contributed by atoms with van der Waals surface area (Å²) in [6.45, 7) is 18.0. The molecule has 4 nitrogen and oxygen atoms in total. The molecule has 0 saturated heterocycles. The molecule has 0 aromatic heterocycles. The van der Waals surface area contributed by atoms with Crippen LogP contribution in [0.5, 0.6) is 23.0 Å². The first kappa shape index (κ1) is 53.1. The minimum absolute atomic E-state index is 0. The van der Waals surface area contributed by atoms with Crippen molar-refractivity contribution < 1.29 is 20.4 Å². The van der Waals surface area contributed by atoms with Crippen molar-refractivity contribution in [3.05, 3.63) is 156 Å². The second-order valence-corrected chi connectivity index (χ2v) is 21.7. The number of fused-ring (bicyclic) bond motifs is 14. The number of phenols is 4. The second-order valence-electron chi connectivity index (χ2n) is 21.7. The molecule has 69 heavy (non-hydrogen) atoms. The van der Waals surface area contributed by atoms with Crippen LogP contribution < -0.4 is 0 Å². The molecule has 8 atom stereocenters. The van der Waals surface area contributed by atoms with Gasteiger partial charge < -0.3 is 20.4 Å². The van der Waals surface area contributed by atoms with E-state index in [0.29, 0.717) is 21.6 Å². The number of rotatable bonds is 2. The van der Waals surface area contributed by atoms with E-state index < -0.39 is 5.41 Å². The van der Waals surface area contributed by atoms with Crippen molar-refractivity contribution in [3.63, 3.8) is 0 Å². The van der Waals surface area contributed by atoms with Crippen LogP contribution in [0.25, 0.3) is 21.9 Å². The lowest BCUT2D eigenvalue weighted by Crippen LogP contribution is -2.30. The molecule has 0 radical (unpaired) electrons. The molecule has 8 unspecified atom stereocenters. The van der Waals surface area contributed by atoms with Crippen LogP contribution in [0, 0.1) is 58.2 Å². The Bertz CT molecular complexity index is 2410. The largest absolute Gasteiger partial charge is 0.508 e. The van der Waals surface area contributed by atoms with Crippen LogP contribution in [-0.4, -0.2) is 20.4 Å². The summed E-state index contributed by atoms with van der Waals surface area (Å²) in [6.07, 6.45) is 15.6. The summed E-state index contributed by atoms with van der Waals surface area (Å²) >= 11 is 0. The van der Waals surface area contributed by atoms with E-state index in [4.69, 9.17) is 0 Å². The van der Waals surface area contributed by atoms with Gasteiger partial charge in [-0.15, -0.1) is 0 Å². The Morgan fingerprint density at radius 1 is 0.406 bits per heavy atom. The van der Waals surface area contributed by atoms with Crippen LogP contribution in [0.1, 0.15) is 157 Å². The molecule has 6 aromatic carbocycles. The Balaban J connectivity index is 0.000000157. The van der Waals surface area contributed by atoms with Crippen LogP contribution in [0.4, 0.5) is 0 Å². The van der Waals surface area contributed by atoms with Crippen molar-refractivity contribution >= 4 is 10.8 Å². The highest BCUT2D eigenvalue weighted by Crippen LogP contribution is 2.66. The molecule has 0 aliphatic heterocycles. The van der Waals surface area contributed by atoms with Gasteiger partial charge in [-0.3, -0.25) is 0 Å². The van der Waals surface area contributed by atoms with Crippen LogP contribution in [-0.2, 0) is 5.41 Å². The van der Waals surface area contributed by atoms with E-state index in [0.717, 1.165) is 46.6 Å². The zero-order valence-corrected chi connectivity index (χ0v) is 41.7. The molecule has 6 aromatic rings. The average Bonchev–Trinajstić information content (AvgIpc) is 4.22. The molecular formula is C65H86O4. The molecule has 0 spiro atoms. The zero-order valence-electron chi connectivity index (χ0n) is 41.7. The molecule has 13 rings (SSSR count). The van der Waals surface area contributed by atoms with Crippen molar-refractivity contribution in [1.29, 1.82) is 0 Å². The van der Waals surface area contributed by atoms with E-state index in [1.165, 1.54) is 34.1 Å². The van der Waals surface area contributed by atoms with Gasteiger partial charge in [-0.05, 0) is 179 Å². The van der Waals surface area contributed by atoms with Crippen LogP contribution in [0.15, 0.2) is 133 Å². The highest BCUT2D eigenvalue weighted by atomic mass is 16.3. The van der Waals surface area contributed by atoms with Gasteiger partial charge in [0.1, 0.15) is 23.0 Å². The SMILES string of the molecule is C.C.CC.CC.CC1(C)CC2CC1C1CCCC21.CC1(C)CC2CC1C1CCCC21.Oc1ccc(C2(c3ccc(O)cc3)c3ccccc3-c3ccccc32)cc1.Oc1cccc2c(O)cccc12. The lowest BCUT2D eigenvalue weighted by molar-refractivity contribution is 0.118. The molecule has 6 saturated carbocycles. The van der Waals surface area contributed by atoms with Crippen molar-refractivity contribution in [2.75, 3.05) is 0 Å². The summed E-state index contributed by atoms with van der Waals surface area (Å²) in [5, 5.41) is 39.8. The maximum atomic E-state index is 9.85. The lowest BCUT2D eigenvalue weighted by Gasteiger charge is -2.37. The summed E-state index contributed by atoms with van der Waals surface area (Å²) < 4.78 is 0. The molecular weight excluding hydrogens is 845 g/mol. The van der Waals surface area contributed by atoms with Crippen LogP contribution >= 0.6 is 0 Å². The number of hydrogen-bond acceptors (Lipinski definition) is 4. The smallest absolute Gasteiger partial charge is 0.123 e. The minimum Gasteiger partial charge on any atom is -0.508 e. The van der Waals surface area contributed by atoms with E-state index >= 15 is 0 Å². The third kappa shape index (κ3) is 9.68. The molecule has 4 bridgehead atoms. The van der Waals surface area contributed by atoms with Gasteiger partial charge in [0, 0.05) is 10.8 Å². The van der Waals surface area contributed by atoms with Crippen molar-refractivity contribution in [2.45, 2.75) is 140 Å². The maximum absolute atomic E-state index is 9.85. The van der Waals surface area contributed by atoms with E-state index in [1.807, 2.05) is 52.0 Å². The quantitative estimate of drug-likeness (QED) is 0.139. The average molecular weight is 931 g/mol. The first-order valence-corrected chi connectivity index (χ1v) is 26.0. The van der Waals surface area contributed by atoms with Gasteiger partial charge in [0.15, 0.2) is 0 Å². The van der Waals surface area contributed by atoms with Gasteiger partial charge in [-0.2, -0.15) is 0 Å².